The van der Waals surface area contributed by atoms with Gasteiger partial charge in [0.1, 0.15) is 29.9 Å². The van der Waals surface area contributed by atoms with Gasteiger partial charge in [-0.3, -0.25) is 4.79 Å². The van der Waals surface area contributed by atoms with Crippen LogP contribution in [0.3, 0.4) is 0 Å². The van der Waals surface area contributed by atoms with Gasteiger partial charge in [0.15, 0.2) is 0 Å². The highest BCUT2D eigenvalue weighted by Crippen LogP contribution is 2.30. The van der Waals surface area contributed by atoms with Crippen molar-refractivity contribution in [1.82, 2.24) is 10.6 Å². The zero-order valence-corrected chi connectivity index (χ0v) is 18.5. The van der Waals surface area contributed by atoms with Gasteiger partial charge in [0, 0.05) is 0 Å². The van der Waals surface area contributed by atoms with E-state index in [1.807, 2.05) is 0 Å². The fraction of sp³-hybridized carbons (Fsp3) is 0.947. The molecule has 0 aromatic rings. The van der Waals surface area contributed by atoms with Crippen molar-refractivity contribution in [3.05, 3.63) is 0 Å². The molecule has 0 spiro atoms. The maximum absolute atomic E-state index is 12.8. The van der Waals surface area contributed by atoms with Crippen molar-refractivity contribution in [3.63, 3.8) is 0 Å². The van der Waals surface area contributed by atoms with Gasteiger partial charge in [-0.15, -0.1) is 23.4 Å². The Kier molecular flexibility index (Phi) is 9.80. The van der Waals surface area contributed by atoms with Gasteiger partial charge in [-0.1, -0.05) is 26.2 Å². The lowest BCUT2D eigenvalue weighted by Gasteiger charge is -2.44. The number of hydrogen-bond acceptors (Lipinski definition) is 7. The Balaban J connectivity index is 1.98. The van der Waals surface area contributed by atoms with Crippen LogP contribution in [-0.4, -0.2) is 81.3 Å². The van der Waals surface area contributed by atoms with Crippen molar-refractivity contribution in [1.29, 1.82) is 0 Å². The molecule has 164 valence electrons. The second-order valence-corrected chi connectivity index (χ2v) is 9.57. The lowest BCUT2D eigenvalue weighted by Crippen LogP contribution is -2.65. The number of nitrogens with one attached hydrogen (secondary N) is 2. The van der Waals surface area contributed by atoms with E-state index in [2.05, 4.69) is 17.6 Å². The maximum atomic E-state index is 12.8. The molecule has 3 unspecified atom stereocenters. The minimum Gasteiger partial charge on any atom is -0.388 e. The highest BCUT2D eigenvalue weighted by molar-refractivity contribution is 7.99. The van der Waals surface area contributed by atoms with Crippen molar-refractivity contribution in [2.45, 2.75) is 93.3 Å². The van der Waals surface area contributed by atoms with Crippen LogP contribution in [0.5, 0.6) is 0 Å². The van der Waals surface area contributed by atoms with Gasteiger partial charge in [-0.05, 0) is 38.5 Å². The third kappa shape index (κ3) is 5.97. The van der Waals surface area contributed by atoms with Crippen molar-refractivity contribution in [2.24, 2.45) is 5.92 Å². The number of ether oxygens (including phenoxy) is 1. The largest absolute Gasteiger partial charge is 0.388 e. The smallest absolute Gasteiger partial charge is 0.237 e. The number of hydrogen-bond donors (Lipinski definition) is 5. The molecular weight excluding hydrogens is 404 g/mol. The average molecular weight is 439 g/mol. The third-order valence-corrected chi connectivity index (χ3v) is 6.88. The van der Waals surface area contributed by atoms with E-state index < -0.39 is 41.3 Å². The first-order chi connectivity index (χ1) is 13.3. The fourth-order valence-electron chi connectivity index (χ4n) is 4.00. The molecule has 0 radical (unpaired) electrons. The van der Waals surface area contributed by atoms with Crippen LogP contribution in [0.25, 0.3) is 0 Å². The Morgan fingerprint density at radius 3 is 2.61 bits per heavy atom. The first-order valence-electron chi connectivity index (χ1n) is 10.2. The van der Waals surface area contributed by atoms with Crippen LogP contribution >= 0.6 is 23.4 Å². The minimum absolute atomic E-state index is 0.174. The Morgan fingerprint density at radius 1 is 1.29 bits per heavy atom. The number of alkyl halides is 1. The highest BCUT2D eigenvalue weighted by atomic mass is 35.5. The third-order valence-electron chi connectivity index (χ3n) is 5.75. The molecule has 28 heavy (non-hydrogen) atoms. The molecular formula is C19H35ClN2O5S. The molecule has 1 amide bonds. The van der Waals surface area contributed by atoms with Gasteiger partial charge < -0.3 is 30.7 Å². The van der Waals surface area contributed by atoms with Crippen molar-refractivity contribution in [2.75, 3.05) is 12.8 Å². The Bertz CT molecular complexity index is 499. The summed E-state index contributed by atoms with van der Waals surface area (Å²) in [5, 5.41) is 36.3. The summed E-state index contributed by atoms with van der Waals surface area (Å²) < 4.78 is 5.79. The zero-order valence-electron chi connectivity index (χ0n) is 16.9. The Labute approximate surface area is 176 Å². The van der Waals surface area contributed by atoms with E-state index in [4.69, 9.17) is 16.3 Å². The summed E-state index contributed by atoms with van der Waals surface area (Å²) in [5.41, 5.74) is -0.703. The van der Waals surface area contributed by atoms with E-state index in [1.165, 1.54) is 31.0 Å². The molecule has 0 aliphatic carbocycles. The Hall–Kier alpha value is -0.0900. The molecule has 0 aromatic carbocycles. The summed E-state index contributed by atoms with van der Waals surface area (Å²) in [6.45, 7) is 4.71. The van der Waals surface area contributed by atoms with Gasteiger partial charge in [0.2, 0.25) is 5.91 Å². The van der Waals surface area contributed by atoms with Crippen LogP contribution in [-0.2, 0) is 9.53 Å². The van der Waals surface area contributed by atoms with Crippen LogP contribution < -0.4 is 10.6 Å². The number of unbranched alkanes of at least 4 members (excludes halogenated alkanes) is 2. The number of rotatable bonds is 9. The van der Waals surface area contributed by atoms with E-state index in [-0.39, 0.29) is 11.9 Å². The molecule has 9 atom stereocenters. The highest BCUT2D eigenvalue weighted by Gasteiger charge is 2.48. The quantitative estimate of drug-likeness (QED) is 0.268. The van der Waals surface area contributed by atoms with E-state index >= 15 is 0 Å². The number of halogens is 1. The minimum atomic E-state index is -1.36. The normalized spacial score (nSPS) is 38.2. The molecule has 2 aliphatic rings. The Morgan fingerprint density at radius 2 is 2.00 bits per heavy atom. The molecule has 2 aliphatic heterocycles. The van der Waals surface area contributed by atoms with Crippen molar-refractivity contribution in [3.8, 4) is 0 Å². The SMILES string of the molecule is CCCCCC1CN[C@@H](C(=O)NC(C(C)Cl)[C@H]2O[C@H](SC)[C@H](O)[C@@H](O)[C@H]2O)C1. The van der Waals surface area contributed by atoms with Gasteiger partial charge in [0.05, 0.1) is 17.5 Å². The van der Waals surface area contributed by atoms with Crippen LogP contribution in [0.1, 0.15) is 46.0 Å². The van der Waals surface area contributed by atoms with Gasteiger partial charge in [-0.25, -0.2) is 0 Å². The number of amides is 1. The first kappa shape index (κ1) is 24.2. The molecule has 0 bridgehead atoms. The number of aliphatic hydroxyl groups is 3. The molecule has 0 aromatic heterocycles. The summed E-state index contributed by atoms with van der Waals surface area (Å²) in [5.74, 6) is 0.316. The lowest BCUT2D eigenvalue weighted by atomic mass is 9.92. The van der Waals surface area contributed by atoms with E-state index in [0.717, 1.165) is 19.4 Å². The maximum Gasteiger partial charge on any atom is 0.237 e. The molecule has 7 nitrogen and oxygen atoms in total. The van der Waals surface area contributed by atoms with Crippen molar-refractivity contribution < 1.29 is 24.9 Å². The summed E-state index contributed by atoms with van der Waals surface area (Å²) in [7, 11) is 0. The van der Waals surface area contributed by atoms with Crippen LogP contribution in [0, 0.1) is 5.92 Å². The second-order valence-electron chi connectivity index (χ2n) is 7.95. The molecule has 2 heterocycles. The monoisotopic (exact) mass is 438 g/mol. The predicted molar refractivity (Wildman–Crippen MR) is 111 cm³/mol. The van der Waals surface area contributed by atoms with Gasteiger partial charge >= 0.3 is 0 Å². The van der Waals surface area contributed by atoms with Crippen LogP contribution in [0.2, 0.25) is 0 Å². The fourth-order valence-corrected chi connectivity index (χ4v) is 4.89. The average Bonchev–Trinajstić information content (AvgIpc) is 3.14. The number of aliphatic hydroxyl groups excluding tert-OH is 3. The summed E-state index contributed by atoms with van der Waals surface area (Å²) in [6, 6.07) is -0.987. The second kappa shape index (κ2) is 11.3. The standard InChI is InChI=1S/C19H35ClN2O5S/c1-4-5-6-7-11-8-12(21-9-11)18(26)22-13(10(2)20)17-15(24)14(23)16(25)19(27-17)28-3/h10-17,19,21,23-25H,4-9H2,1-3H3,(H,22,26)/t10?,11?,12-,13?,14+,15-,16-,17-,19-/m1/s1. The van der Waals surface area contributed by atoms with Crippen molar-refractivity contribution >= 4 is 29.3 Å². The number of carbonyl (C=O) groups excluding carboxylic acids is 1. The van der Waals surface area contributed by atoms with E-state index in [1.54, 1.807) is 13.2 Å². The zero-order chi connectivity index (χ0) is 20.8. The lowest BCUT2D eigenvalue weighted by molar-refractivity contribution is -0.205. The topological polar surface area (TPSA) is 111 Å². The predicted octanol–water partition coefficient (Wildman–Crippen LogP) is 0.828. The van der Waals surface area contributed by atoms with Gasteiger partial charge in [0.25, 0.3) is 0 Å². The summed E-state index contributed by atoms with van der Waals surface area (Å²) in [6.07, 6.45) is 2.39. The first-order valence-corrected chi connectivity index (χ1v) is 11.9. The number of carbonyl (C=O) groups is 1. The van der Waals surface area contributed by atoms with Crippen LogP contribution in [0.15, 0.2) is 0 Å². The molecule has 2 fully saturated rings. The van der Waals surface area contributed by atoms with E-state index in [9.17, 15) is 20.1 Å². The molecule has 2 rings (SSSR count). The molecule has 2 saturated heterocycles. The van der Waals surface area contributed by atoms with Crippen LogP contribution in [0.4, 0.5) is 0 Å². The molecule has 9 heteroatoms. The summed E-state index contributed by atoms with van der Waals surface area (Å²) in [4.78, 5) is 12.8. The van der Waals surface area contributed by atoms with Gasteiger partial charge in [-0.2, -0.15) is 0 Å². The van der Waals surface area contributed by atoms with E-state index in [0.29, 0.717) is 5.92 Å². The molecule has 5 N–H and O–H groups in total. The number of thioether (sulfide) groups is 1. The summed E-state index contributed by atoms with van der Waals surface area (Å²) >= 11 is 7.54. The molecule has 0 saturated carbocycles.